The number of nitrogens with one attached hydrogen (secondary N) is 2. The van der Waals surface area contributed by atoms with E-state index in [4.69, 9.17) is 0 Å². The summed E-state index contributed by atoms with van der Waals surface area (Å²) < 4.78 is 0.998. The lowest BCUT2D eigenvalue weighted by Crippen LogP contribution is -2.19. The van der Waals surface area contributed by atoms with Gasteiger partial charge >= 0.3 is 0 Å². The molecule has 0 radical (unpaired) electrons. The molecule has 0 aliphatic carbocycles. The third-order valence-electron chi connectivity index (χ3n) is 6.59. The topological polar surface area (TPSA) is 71.1 Å². The zero-order valence-corrected chi connectivity index (χ0v) is 25.4. The van der Waals surface area contributed by atoms with Crippen LogP contribution in [-0.4, -0.2) is 16.8 Å². The van der Waals surface area contributed by atoms with Crippen molar-refractivity contribution in [2.24, 2.45) is 0 Å². The number of carbonyl (C=O) groups is 2. The molecule has 5 aromatic carbocycles. The number of thioether (sulfide) groups is 1. The molecule has 6 aromatic rings. The van der Waals surface area contributed by atoms with E-state index in [1.165, 1.54) is 23.1 Å². The van der Waals surface area contributed by atoms with Gasteiger partial charge in [0, 0.05) is 31.6 Å². The smallest absolute Gasteiger partial charge is 0.255 e. The molecule has 206 valence electrons. The van der Waals surface area contributed by atoms with Crippen LogP contribution >= 0.6 is 39.0 Å². The van der Waals surface area contributed by atoms with E-state index in [-0.39, 0.29) is 11.8 Å². The van der Waals surface area contributed by atoms with E-state index >= 15 is 0 Å². The van der Waals surface area contributed by atoms with Crippen molar-refractivity contribution in [2.75, 3.05) is 10.6 Å². The number of rotatable bonds is 8. The molecule has 0 spiro atoms. The normalized spacial score (nSPS) is 11.6. The third kappa shape index (κ3) is 6.62. The summed E-state index contributed by atoms with van der Waals surface area (Å²) in [6, 6.07) is 38.8. The molecule has 1 unspecified atom stereocenters. The maximum Gasteiger partial charge on any atom is 0.255 e. The summed E-state index contributed by atoms with van der Waals surface area (Å²) in [7, 11) is 0. The highest BCUT2D eigenvalue weighted by Gasteiger charge is 2.23. The monoisotopic (exact) mass is 649 g/mol. The van der Waals surface area contributed by atoms with E-state index in [1.807, 2.05) is 127 Å². The van der Waals surface area contributed by atoms with Crippen LogP contribution in [0.4, 0.5) is 10.8 Å². The van der Waals surface area contributed by atoms with E-state index in [2.05, 4.69) is 31.5 Å². The number of nitrogens with zero attached hydrogens (tertiary/aromatic N) is 1. The number of fused-ring (bicyclic) bond motifs is 1. The van der Waals surface area contributed by atoms with Gasteiger partial charge in [0.1, 0.15) is 5.25 Å². The van der Waals surface area contributed by atoms with Crippen LogP contribution in [0.25, 0.3) is 22.0 Å². The fraction of sp³-hybridized carbons (Fsp3) is 0.0294. The highest BCUT2D eigenvalue weighted by Crippen LogP contribution is 2.37. The highest BCUT2D eigenvalue weighted by atomic mass is 79.9. The average molecular weight is 651 g/mol. The summed E-state index contributed by atoms with van der Waals surface area (Å²) in [5.41, 5.74) is 3.96. The molecule has 6 rings (SSSR count). The average Bonchev–Trinajstić information content (AvgIpc) is 3.49. The van der Waals surface area contributed by atoms with Crippen molar-refractivity contribution in [3.05, 3.63) is 142 Å². The van der Waals surface area contributed by atoms with E-state index in [0.717, 1.165) is 37.0 Å². The Morgan fingerprint density at radius 1 is 0.762 bits per heavy atom. The van der Waals surface area contributed by atoms with Gasteiger partial charge in [-0.1, -0.05) is 88.7 Å². The molecule has 2 N–H and O–H groups in total. The Morgan fingerprint density at radius 3 is 2.24 bits per heavy atom. The van der Waals surface area contributed by atoms with Gasteiger partial charge in [-0.25, -0.2) is 4.98 Å². The first-order chi connectivity index (χ1) is 20.5. The van der Waals surface area contributed by atoms with Crippen LogP contribution in [0.1, 0.15) is 21.2 Å². The number of halogens is 1. The van der Waals surface area contributed by atoms with Crippen LogP contribution in [0.3, 0.4) is 0 Å². The summed E-state index contributed by atoms with van der Waals surface area (Å²) in [4.78, 5) is 32.0. The van der Waals surface area contributed by atoms with Crippen molar-refractivity contribution < 1.29 is 9.59 Å². The predicted molar refractivity (Wildman–Crippen MR) is 177 cm³/mol. The zero-order valence-electron chi connectivity index (χ0n) is 22.2. The van der Waals surface area contributed by atoms with Crippen molar-refractivity contribution in [3.8, 4) is 11.3 Å². The molecule has 0 saturated heterocycles. The fourth-order valence-corrected chi connectivity index (χ4v) is 6.45. The lowest BCUT2D eigenvalue weighted by Gasteiger charge is -2.16. The number of aromatic nitrogens is 1. The number of hydrogen-bond acceptors (Lipinski definition) is 5. The van der Waals surface area contributed by atoms with E-state index in [0.29, 0.717) is 16.4 Å². The third-order valence-corrected chi connectivity index (χ3v) is 9.15. The van der Waals surface area contributed by atoms with E-state index in [1.54, 1.807) is 0 Å². The van der Waals surface area contributed by atoms with Crippen molar-refractivity contribution in [1.29, 1.82) is 0 Å². The van der Waals surface area contributed by atoms with E-state index < -0.39 is 5.25 Å². The molecular weight excluding hydrogens is 626 g/mol. The van der Waals surface area contributed by atoms with Crippen molar-refractivity contribution >= 4 is 72.4 Å². The molecule has 1 atom stereocenters. The lowest BCUT2D eigenvalue weighted by atomic mass is 10.1. The minimum absolute atomic E-state index is 0.156. The van der Waals surface area contributed by atoms with Crippen LogP contribution in [0.5, 0.6) is 0 Å². The Morgan fingerprint density at radius 2 is 1.48 bits per heavy atom. The summed E-state index contributed by atoms with van der Waals surface area (Å²) in [6.45, 7) is 0. The maximum atomic E-state index is 13.5. The van der Waals surface area contributed by atoms with Crippen molar-refractivity contribution in [1.82, 2.24) is 4.98 Å². The van der Waals surface area contributed by atoms with Gasteiger partial charge in [-0.05, 0) is 64.9 Å². The quantitative estimate of drug-likeness (QED) is 0.161. The first kappa shape index (κ1) is 27.9. The van der Waals surface area contributed by atoms with E-state index in [9.17, 15) is 9.59 Å². The van der Waals surface area contributed by atoms with Crippen LogP contribution in [0.2, 0.25) is 0 Å². The molecule has 2 amide bonds. The Labute approximate surface area is 260 Å². The number of amides is 2. The van der Waals surface area contributed by atoms with Gasteiger partial charge in [-0.2, -0.15) is 0 Å². The Bertz CT molecular complexity index is 1860. The van der Waals surface area contributed by atoms with Gasteiger partial charge < -0.3 is 10.6 Å². The second-order valence-corrected chi connectivity index (χ2v) is 12.4. The SMILES string of the molecule is O=C(Nc1ccc(SC(C(=O)Nc2nc(-c3ccc(Br)cc3)cs2)c2ccccc2)cc1)c1ccc2ccccc2c1. The van der Waals surface area contributed by atoms with Crippen LogP contribution in [-0.2, 0) is 4.79 Å². The Balaban J connectivity index is 1.15. The number of anilines is 2. The molecule has 0 bridgehead atoms. The van der Waals surface area contributed by atoms with Gasteiger partial charge in [0.2, 0.25) is 5.91 Å². The van der Waals surface area contributed by atoms with Crippen LogP contribution in [0.15, 0.2) is 136 Å². The molecule has 1 aromatic heterocycles. The lowest BCUT2D eigenvalue weighted by molar-refractivity contribution is -0.115. The first-order valence-corrected chi connectivity index (χ1v) is 15.7. The zero-order chi connectivity index (χ0) is 28.9. The second-order valence-electron chi connectivity index (χ2n) is 9.48. The number of carbonyl (C=O) groups excluding carboxylic acids is 2. The molecule has 0 fully saturated rings. The van der Waals surface area contributed by atoms with Crippen molar-refractivity contribution in [2.45, 2.75) is 10.1 Å². The summed E-state index contributed by atoms with van der Waals surface area (Å²) in [5.74, 6) is -0.328. The molecule has 0 saturated carbocycles. The first-order valence-electron chi connectivity index (χ1n) is 13.2. The largest absolute Gasteiger partial charge is 0.322 e. The molecule has 5 nitrogen and oxygen atoms in total. The van der Waals surface area contributed by atoms with Gasteiger partial charge in [0.05, 0.1) is 5.69 Å². The fourth-order valence-electron chi connectivity index (χ4n) is 4.44. The summed E-state index contributed by atoms with van der Waals surface area (Å²) in [5, 5.41) is 10.1. The molecule has 0 aliphatic heterocycles. The summed E-state index contributed by atoms with van der Waals surface area (Å²) >= 11 is 6.30. The predicted octanol–water partition coefficient (Wildman–Crippen LogP) is 9.45. The number of hydrogen-bond donors (Lipinski definition) is 2. The standard InChI is InChI=1S/C34H24BrN3O2S2/c35-27-14-12-23(13-15-27)30-21-41-34(37-30)38-33(40)31(24-7-2-1-3-8-24)42-29-18-16-28(17-19-29)36-32(39)26-11-10-22-6-4-5-9-25(22)20-26/h1-21,31H,(H,36,39)(H,37,38,40). The number of thiazole rings is 1. The number of benzene rings is 5. The van der Waals surface area contributed by atoms with Gasteiger partial charge in [0.15, 0.2) is 5.13 Å². The van der Waals surface area contributed by atoms with Crippen LogP contribution in [0, 0.1) is 0 Å². The second kappa shape index (κ2) is 12.7. The highest BCUT2D eigenvalue weighted by molar-refractivity contribution is 9.10. The van der Waals surface area contributed by atoms with Gasteiger partial charge in [0.25, 0.3) is 5.91 Å². The molecule has 42 heavy (non-hydrogen) atoms. The minimum atomic E-state index is -0.496. The Kier molecular flexibility index (Phi) is 8.46. The van der Waals surface area contributed by atoms with Gasteiger partial charge in [-0.15, -0.1) is 23.1 Å². The molecule has 8 heteroatoms. The molecule has 1 heterocycles. The summed E-state index contributed by atoms with van der Waals surface area (Å²) in [6.07, 6.45) is 0. The van der Waals surface area contributed by atoms with Crippen molar-refractivity contribution in [3.63, 3.8) is 0 Å². The van der Waals surface area contributed by atoms with Gasteiger partial charge in [-0.3, -0.25) is 9.59 Å². The molecular formula is C34H24BrN3O2S2. The maximum absolute atomic E-state index is 13.5. The molecule has 0 aliphatic rings. The van der Waals surface area contributed by atoms with Crippen LogP contribution < -0.4 is 10.6 Å². The minimum Gasteiger partial charge on any atom is -0.322 e. The Hall–Kier alpha value is -4.24.